The zero-order chi connectivity index (χ0) is 14.3. The topological polar surface area (TPSA) is 20.2 Å². The molecule has 0 bridgehead atoms. The Morgan fingerprint density at radius 1 is 1.00 bits per heavy atom. The number of aromatic hydroxyl groups is 1. The predicted molar refractivity (Wildman–Crippen MR) is 83.5 cm³/mol. The first-order chi connectivity index (χ1) is 8.89. The first-order valence-corrected chi connectivity index (χ1v) is 7.67. The van der Waals surface area contributed by atoms with Gasteiger partial charge in [0, 0.05) is 0 Å². The summed E-state index contributed by atoms with van der Waals surface area (Å²) in [4.78, 5) is 0. The first-order valence-electron chi connectivity index (χ1n) is 7.67. The Morgan fingerprint density at radius 3 is 1.89 bits per heavy atom. The number of hydrogen-bond acceptors (Lipinski definition) is 1. The zero-order valence-corrected chi connectivity index (χ0v) is 13.1. The summed E-state index contributed by atoms with van der Waals surface area (Å²) in [6.07, 6.45) is 8.39. The average Bonchev–Trinajstić information content (AvgIpc) is 2.32. The lowest BCUT2D eigenvalue weighted by atomic mass is 9.78. The maximum atomic E-state index is 8.99. The van der Waals surface area contributed by atoms with Crippen molar-refractivity contribution in [2.45, 2.75) is 66.2 Å². The molecule has 0 saturated heterocycles. The second-order valence-corrected chi connectivity index (χ2v) is 6.99. The summed E-state index contributed by atoms with van der Waals surface area (Å²) < 4.78 is 0. The van der Waals surface area contributed by atoms with Crippen LogP contribution in [0, 0.1) is 11.3 Å². The van der Waals surface area contributed by atoms with Gasteiger partial charge < -0.3 is 5.11 Å². The lowest BCUT2D eigenvalue weighted by Crippen LogP contribution is -2.14. The van der Waals surface area contributed by atoms with E-state index in [2.05, 4.69) is 27.7 Å². The van der Waals surface area contributed by atoms with Crippen molar-refractivity contribution in [2.75, 3.05) is 0 Å². The van der Waals surface area contributed by atoms with Crippen molar-refractivity contribution >= 4 is 0 Å². The van der Waals surface area contributed by atoms with Crippen molar-refractivity contribution in [2.24, 2.45) is 11.3 Å². The number of hydrogen-bond donors (Lipinski definition) is 1. The van der Waals surface area contributed by atoms with E-state index in [4.69, 9.17) is 5.11 Å². The monoisotopic (exact) mass is 262 g/mol. The van der Waals surface area contributed by atoms with Crippen LogP contribution in [0.1, 0.15) is 65.4 Å². The van der Waals surface area contributed by atoms with Crippen LogP contribution in [0.2, 0.25) is 0 Å². The van der Waals surface area contributed by atoms with E-state index >= 15 is 0 Å². The Hall–Kier alpha value is -0.980. The molecule has 19 heavy (non-hydrogen) atoms. The Kier molecular flexibility index (Phi) is 6.41. The summed E-state index contributed by atoms with van der Waals surface area (Å²) in [5.74, 6) is 1.03. The van der Waals surface area contributed by atoms with E-state index in [0.717, 1.165) is 6.42 Å². The molecule has 0 heterocycles. The molecule has 0 amide bonds. The van der Waals surface area contributed by atoms with Gasteiger partial charge in [-0.05, 0) is 48.3 Å². The first kappa shape index (κ1) is 16.1. The molecule has 1 aliphatic carbocycles. The fraction of sp³-hybridized carbons (Fsp3) is 0.667. The molecule has 1 aromatic rings. The van der Waals surface area contributed by atoms with E-state index in [0.29, 0.717) is 17.1 Å². The summed E-state index contributed by atoms with van der Waals surface area (Å²) in [6.45, 7) is 9.14. The number of rotatable bonds is 2. The molecule has 1 fully saturated rings. The van der Waals surface area contributed by atoms with Gasteiger partial charge in [-0.3, -0.25) is 0 Å². The molecule has 1 heteroatoms. The van der Waals surface area contributed by atoms with Crippen LogP contribution in [0.4, 0.5) is 0 Å². The van der Waals surface area contributed by atoms with Crippen molar-refractivity contribution in [3.05, 3.63) is 29.8 Å². The molecule has 0 spiro atoms. The third-order valence-corrected chi connectivity index (χ3v) is 3.79. The standard InChI is InChI=1S/C10H14O.C8H16/c1-8(2)7-9-3-5-10(11)6-4-9;1-8(2)6-4-3-5-7-8/h3-6,8,11H,7H2,1-2H3;3-7H2,1-2H3. The van der Waals surface area contributed by atoms with Gasteiger partial charge in [-0.25, -0.2) is 0 Å². The SMILES string of the molecule is CC(C)Cc1ccc(O)cc1.CC1(C)CCCCC1. The second kappa shape index (κ2) is 7.57. The highest BCUT2D eigenvalue weighted by Crippen LogP contribution is 2.34. The number of phenolic OH excluding ortho intramolecular Hbond substituents is 1. The zero-order valence-electron chi connectivity index (χ0n) is 13.1. The Morgan fingerprint density at radius 2 is 1.53 bits per heavy atom. The molecule has 0 aliphatic heterocycles. The van der Waals surface area contributed by atoms with E-state index in [1.54, 1.807) is 12.1 Å². The van der Waals surface area contributed by atoms with Crippen molar-refractivity contribution in [1.82, 2.24) is 0 Å². The van der Waals surface area contributed by atoms with E-state index < -0.39 is 0 Å². The van der Waals surface area contributed by atoms with Crippen LogP contribution in [-0.4, -0.2) is 5.11 Å². The molecule has 2 rings (SSSR count). The van der Waals surface area contributed by atoms with Crippen molar-refractivity contribution in [3.63, 3.8) is 0 Å². The molecule has 0 atom stereocenters. The van der Waals surface area contributed by atoms with Crippen LogP contribution < -0.4 is 0 Å². The normalized spacial score (nSPS) is 17.7. The van der Waals surface area contributed by atoms with E-state index in [1.165, 1.54) is 37.7 Å². The van der Waals surface area contributed by atoms with Gasteiger partial charge in [0.25, 0.3) is 0 Å². The molecule has 0 unspecified atom stereocenters. The van der Waals surface area contributed by atoms with Crippen LogP contribution in [0.15, 0.2) is 24.3 Å². The van der Waals surface area contributed by atoms with Crippen molar-refractivity contribution in [1.29, 1.82) is 0 Å². The van der Waals surface area contributed by atoms with Crippen molar-refractivity contribution < 1.29 is 5.11 Å². The summed E-state index contributed by atoms with van der Waals surface area (Å²) >= 11 is 0. The maximum absolute atomic E-state index is 8.99. The Balaban J connectivity index is 0.000000200. The molecule has 1 aliphatic rings. The molecule has 1 aromatic carbocycles. The highest BCUT2D eigenvalue weighted by Gasteiger charge is 2.19. The molecule has 1 N–H and O–H groups in total. The molecule has 1 saturated carbocycles. The molecular formula is C18H30O. The van der Waals surface area contributed by atoms with E-state index in [9.17, 15) is 0 Å². The number of benzene rings is 1. The quantitative estimate of drug-likeness (QED) is 0.739. The van der Waals surface area contributed by atoms with Crippen LogP contribution in [-0.2, 0) is 6.42 Å². The van der Waals surface area contributed by atoms with Gasteiger partial charge in [-0.15, -0.1) is 0 Å². The van der Waals surface area contributed by atoms with Crippen LogP contribution in [0.3, 0.4) is 0 Å². The highest BCUT2D eigenvalue weighted by atomic mass is 16.3. The molecule has 108 valence electrons. The molecular weight excluding hydrogens is 232 g/mol. The predicted octanol–water partition coefficient (Wildman–Crippen LogP) is 5.57. The fourth-order valence-electron chi connectivity index (χ4n) is 2.61. The summed E-state index contributed by atoms with van der Waals surface area (Å²) in [5.41, 5.74) is 1.97. The second-order valence-electron chi connectivity index (χ2n) is 6.99. The summed E-state index contributed by atoms with van der Waals surface area (Å²) in [6, 6.07) is 7.40. The third-order valence-electron chi connectivity index (χ3n) is 3.79. The van der Waals surface area contributed by atoms with Crippen molar-refractivity contribution in [3.8, 4) is 5.75 Å². The lowest BCUT2D eigenvalue weighted by molar-refractivity contribution is 0.244. The smallest absolute Gasteiger partial charge is 0.115 e. The van der Waals surface area contributed by atoms with Gasteiger partial charge >= 0.3 is 0 Å². The van der Waals surface area contributed by atoms with E-state index in [1.807, 2.05) is 12.1 Å². The van der Waals surface area contributed by atoms with Gasteiger partial charge in [0.15, 0.2) is 0 Å². The van der Waals surface area contributed by atoms with Gasteiger partial charge in [-0.1, -0.05) is 59.1 Å². The Labute approximate surface area is 119 Å². The van der Waals surface area contributed by atoms with Gasteiger partial charge in [0.05, 0.1) is 0 Å². The summed E-state index contributed by atoms with van der Waals surface area (Å²) in [5, 5.41) is 8.99. The number of phenols is 1. The van der Waals surface area contributed by atoms with Crippen LogP contribution in [0.5, 0.6) is 5.75 Å². The largest absolute Gasteiger partial charge is 0.508 e. The summed E-state index contributed by atoms with van der Waals surface area (Å²) in [7, 11) is 0. The lowest BCUT2D eigenvalue weighted by Gasteiger charge is -2.28. The Bertz CT molecular complexity index is 340. The van der Waals surface area contributed by atoms with E-state index in [-0.39, 0.29) is 0 Å². The van der Waals surface area contributed by atoms with Gasteiger partial charge in [-0.2, -0.15) is 0 Å². The minimum atomic E-state index is 0.345. The van der Waals surface area contributed by atoms with Crippen LogP contribution >= 0.6 is 0 Å². The highest BCUT2D eigenvalue weighted by molar-refractivity contribution is 5.25. The fourth-order valence-corrected chi connectivity index (χ4v) is 2.61. The third kappa shape index (κ3) is 7.25. The maximum Gasteiger partial charge on any atom is 0.115 e. The van der Waals surface area contributed by atoms with Gasteiger partial charge in [0.2, 0.25) is 0 Å². The molecule has 1 nitrogen and oxygen atoms in total. The van der Waals surface area contributed by atoms with Gasteiger partial charge in [0.1, 0.15) is 5.75 Å². The minimum absolute atomic E-state index is 0.345. The average molecular weight is 262 g/mol. The minimum Gasteiger partial charge on any atom is -0.508 e. The molecule has 0 radical (unpaired) electrons. The van der Waals surface area contributed by atoms with Crippen LogP contribution in [0.25, 0.3) is 0 Å². The molecule has 0 aromatic heterocycles.